The second-order valence-corrected chi connectivity index (χ2v) is 8.24. The van der Waals surface area contributed by atoms with E-state index >= 15 is 0 Å². The highest BCUT2D eigenvalue weighted by Gasteiger charge is 2.38. The van der Waals surface area contributed by atoms with Crippen molar-refractivity contribution in [3.8, 4) is 0 Å². The van der Waals surface area contributed by atoms with Crippen LogP contribution in [0.3, 0.4) is 0 Å². The first-order valence-electron chi connectivity index (χ1n) is 8.41. The molecule has 138 valence electrons. The number of amides is 2. The summed E-state index contributed by atoms with van der Waals surface area (Å²) in [6.45, 7) is 3.67. The van der Waals surface area contributed by atoms with Crippen molar-refractivity contribution in [3.05, 3.63) is 24.3 Å². The molecule has 1 fully saturated rings. The molecule has 1 aromatic rings. The lowest BCUT2D eigenvalue weighted by atomic mass is 10.2. The highest BCUT2D eigenvalue weighted by atomic mass is 32.2. The van der Waals surface area contributed by atoms with Crippen LogP contribution in [0, 0.1) is 0 Å². The number of carbonyl (C=O) groups excluding carboxylic acids is 2. The van der Waals surface area contributed by atoms with Crippen molar-refractivity contribution in [2.45, 2.75) is 39.2 Å². The van der Waals surface area contributed by atoms with Gasteiger partial charge in [-0.25, -0.2) is 8.42 Å². The van der Waals surface area contributed by atoms with Gasteiger partial charge in [0, 0.05) is 31.9 Å². The third-order valence-electron chi connectivity index (χ3n) is 4.32. The Morgan fingerprint density at radius 1 is 1.28 bits per heavy atom. The lowest BCUT2D eigenvalue weighted by Gasteiger charge is -2.23. The van der Waals surface area contributed by atoms with E-state index in [4.69, 9.17) is 0 Å². The molecule has 7 nitrogen and oxygen atoms in total. The lowest BCUT2D eigenvalue weighted by Crippen LogP contribution is -2.44. The van der Waals surface area contributed by atoms with Gasteiger partial charge < -0.3 is 10.2 Å². The van der Waals surface area contributed by atoms with Gasteiger partial charge in [-0.1, -0.05) is 6.92 Å². The Kier molecular flexibility index (Phi) is 6.18. The molecule has 0 bridgehead atoms. The molecule has 1 saturated heterocycles. The van der Waals surface area contributed by atoms with Crippen LogP contribution in [-0.2, 0) is 19.6 Å². The predicted molar refractivity (Wildman–Crippen MR) is 98.0 cm³/mol. The van der Waals surface area contributed by atoms with Crippen molar-refractivity contribution in [1.82, 2.24) is 4.31 Å². The second kappa shape index (κ2) is 7.97. The number of hydrogen-bond donors (Lipinski definition) is 1. The van der Waals surface area contributed by atoms with Crippen molar-refractivity contribution in [2.75, 3.05) is 29.6 Å². The average molecular weight is 367 g/mol. The molecule has 0 aliphatic carbocycles. The highest BCUT2D eigenvalue weighted by molar-refractivity contribution is 7.89. The number of carbonyl (C=O) groups is 2. The molecule has 1 unspecified atom stereocenters. The van der Waals surface area contributed by atoms with Crippen molar-refractivity contribution in [2.24, 2.45) is 0 Å². The SMILES string of the molecule is CCCS(=O)(=O)N1CCCC1C(=O)Nc1ccc(N(C)C(C)=O)cc1. The molecule has 25 heavy (non-hydrogen) atoms. The minimum absolute atomic E-state index is 0.0584. The zero-order chi connectivity index (χ0) is 18.6. The fourth-order valence-electron chi connectivity index (χ4n) is 2.89. The molecule has 1 aliphatic heterocycles. The number of sulfonamides is 1. The number of nitrogens with zero attached hydrogens (tertiary/aromatic N) is 2. The van der Waals surface area contributed by atoms with Crippen molar-refractivity contribution in [1.29, 1.82) is 0 Å². The smallest absolute Gasteiger partial charge is 0.242 e. The lowest BCUT2D eigenvalue weighted by molar-refractivity contribution is -0.119. The van der Waals surface area contributed by atoms with Crippen LogP contribution < -0.4 is 10.2 Å². The largest absolute Gasteiger partial charge is 0.325 e. The van der Waals surface area contributed by atoms with E-state index in [-0.39, 0.29) is 17.6 Å². The summed E-state index contributed by atoms with van der Waals surface area (Å²) in [6.07, 6.45) is 1.74. The van der Waals surface area contributed by atoms with E-state index in [0.29, 0.717) is 31.5 Å². The van der Waals surface area contributed by atoms with Crippen LogP contribution in [-0.4, -0.2) is 49.9 Å². The van der Waals surface area contributed by atoms with Gasteiger partial charge in [0.25, 0.3) is 0 Å². The van der Waals surface area contributed by atoms with Gasteiger partial charge in [-0.05, 0) is 43.5 Å². The number of benzene rings is 1. The molecule has 1 aromatic carbocycles. The van der Waals surface area contributed by atoms with Gasteiger partial charge in [0.2, 0.25) is 21.8 Å². The van der Waals surface area contributed by atoms with Crippen LogP contribution in [0.15, 0.2) is 24.3 Å². The Balaban J connectivity index is 2.07. The van der Waals surface area contributed by atoms with Gasteiger partial charge in [-0.3, -0.25) is 9.59 Å². The molecule has 8 heteroatoms. The van der Waals surface area contributed by atoms with E-state index in [9.17, 15) is 18.0 Å². The molecule has 0 radical (unpaired) electrons. The quantitative estimate of drug-likeness (QED) is 0.831. The summed E-state index contributed by atoms with van der Waals surface area (Å²) < 4.78 is 25.9. The van der Waals surface area contributed by atoms with Crippen LogP contribution in [0.5, 0.6) is 0 Å². The number of anilines is 2. The van der Waals surface area contributed by atoms with E-state index < -0.39 is 16.1 Å². The van der Waals surface area contributed by atoms with Crippen LogP contribution >= 0.6 is 0 Å². The van der Waals surface area contributed by atoms with Crippen LogP contribution in [0.1, 0.15) is 33.1 Å². The molecule has 2 amide bonds. The topological polar surface area (TPSA) is 86.8 Å². The van der Waals surface area contributed by atoms with Crippen LogP contribution in [0.4, 0.5) is 11.4 Å². The zero-order valence-corrected chi connectivity index (χ0v) is 15.7. The first-order valence-corrected chi connectivity index (χ1v) is 10.0. The fourth-order valence-corrected chi connectivity index (χ4v) is 4.63. The number of nitrogens with one attached hydrogen (secondary N) is 1. The summed E-state index contributed by atoms with van der Waals surface area (Å²) in [5.74, 6) is -0.340. The fraction of sp³-hybridized carbons (Fsp3) is 0.529. The van der Waals surface area contributed by atoms with Crippen molar-refractivity contribution in [3.63, 3.8) is 0 Å². The molecule has 1 heterocycles. The summed E-state index contributed by atoms with van der Waals surface area (Å²) >= 11 is 0. The molecular weight excluding hydrogens is 342 g/mol. The highest BCUT2D eigenvalue weighted by Crippen LogP contribution is 2.24. The maximum absolute atomic E-state index is 12.5. The number of hydrogen-bond acceptors (Lipinski definition) is 4. The van der Waals surface area contributed by atoms with E-state index in [1.807, 2.05) is 6.92 Å². The maximum Gasteiger partial charge on any atom is 0.242 e. The minimum Gasteiger partial charge on any atom is -0.325 e. The molecule has 2 rings (SSSR count). The Morgan fingerprint density at radius 3 is 2.48 bits per heavy atom. The standard InChI is InChI=1S/C17H25N3O4S/c1-4-12-25(23,24)20-11-5-6-16(20)17(22)18-14-7-9-15(10-8-14)19(3)13(2)21/h7-10,16H,4-6,11-12H2,1-3H3,(H,18,22). The van der Waals surface area contributed by atoms with E-state index in [1.54, 1.807) is 31.3 Å². The summed E-state index contributed by atoms with van der Waals surface area (Å²) in [7, 11) is -1.72. The Bertz CT molecular complexity index is 731. The van der Waals surface area contributed by atoms with Gasteiger partial charge in [-0.15, -0.1) is 0 Å². The molecule has 0 aromatic heterocycles. The Morgan fingerprint density at radius 2 is 1.92 bits per heavy atom. The molecule has 1 aliphatic rings. The van der Waals surface area contributed by atoms with Gasteiger partial charge in [-0.2, -0.15) is 4.31 Å². The van der Waals surface area contributed by atoms with Gasteiger partial charge in [0.05, 0.1) is 5.75 Å². The van der Waals surface area contributed by atoms with Crippen molar-refractivity contribution >= 4 is 33.2 Å². The van der Waals surface area contributed by atoms with Gasteiger partial charge in [0.1, 0.15) is 6.04 Å². The van der Waals surface area contributed by atoms with Crippen LogP contribution in [0.2, 0.25) is 0 Å². The number of rotatable bonds is 6. The zero-order valence-electron chi connectivity index (χ0n) is 14.9. The molecular formula is C17H25N3O4S. The summed E-state index contributed by atoms with van der Waals surface area (Å²) in [4.78, 5) is 25.4. The molecule has 1 atom stereocenters. The predicted octanol–water partition coefficient (Wildman–Crippen LogP) is 1.81. The van der Waals surface area contributed by atoms with E-state index in [2.05, 4.69) is 5.32 Å². The normalized spacial score (nSPS) is 18.1. The Hall–Kier alpha value is -1.93. The van der Waals surface area contributed by atoms with Crippen molar-refractivity contribution < 1.29 is 18.0 Å². The average Bonchev–Trinajstić information content (AvgIpc) is 3.05. The van der Waals surface area contributed by atoms with E-state index in [1.165, 1.54) is 16.1 Å². The molecule has 0 spiro atoms. The third-order valence-corrected chi connectivity index (χ3v) is 6.40. The Labute approximate surface area is 149 Å². The second-order valence-electron chi connectivity index (χ2n) is 6.20. The first kappa shape index (κ1) is 19.4. The molecule has 1 N–H and O–H groups in total. The summed E-state index contributed by atoms with van der Waals surface area (Å²) in [5.41, 5.74) is 1.30. The summed E-state index contributed by atoms with van der Waals surface area (Å²) in [6, 6.07) is 6.21. The van der Waals surface area contributed by atoms with E-state index in [0.717, 1.165) is 5.69 Å². The minimum atomic E-state index is -3.40. The van der Waals surface area contributed by atoms with Gasteiger partial charge >= 0.3 is 0 Å². The summed E-state index contributed by atoms with van der Waals surface area (Å²) in [5, 5.41) is 2.77. The first-order chi connectivity index (χ1) is 11.8. The third kappa shape index (κ3) is 4.58. The van der Waals surface area contributed by atoms with Crippen LogP contribution in [0.25, 0.3) is 0 Å². The van der Waals surface area contributed by atoms with Gasteiger partial charge in [0.15, 0.2) is 0 Å². The maximum atomic E-state index is 12.5. The molecule has 0 saturated carbocycles. The monoisotopic (exact) mass is 367 g/mol.